The van der Waals surface area contributed by atoms with E-state index in [1.807, 2.05) is 45.0 Å². The SMILES string of the molecule is CCC(C)(C)NC(=O)C(c1cccnc1)N(C(=O)Cn1nnc2ccccc21)c1ccc(C(C)=O)cc1. The van der Waals surface area contributed by atoms with Crippen LogP contribution in [0.5, 0.6) is 0 Å². The molecule has 4 rings (SSSR count). The first-order valence-corrected chi connectivity index (χ1v) is 12.1. The summed E-state index contributed by atoms with van der Waals surface area (Å²) in [6.45, 7) is 7.18. The molecule has 0 saturated heterocycles. The van der Waals surface area contributed by atoms with Gasteiger partial charge in [-0.3, -0.25) is 24.3 Å². The van der Waals surface area contributed by atoms with Gasteiger partial charge < -0.3 is 5.32 Å². The predicted octanol–water partition coefficient (Wildman–Crippen LogP) is 4.11. The van der Waals surface area contributed by atoms with Crippen molar-refractivity contribution in [2.45, 2.75) is 52.2 Å². The fraction of sp³-hybridized carbons (Fsp3) is 0.286. The molecule has 0 spiro atoms. The predicted molar refractivity (Wildman–Crippen MR) is 141 cm³/mol. The Labute approximate surface area is 215 Å². The number of carbonyl (C=O) groups is 3. The number of para-hydroxylation sites is 1. The Morgan fingerprint density at radius 3 is 2.41 bits per heavy atom. The second kappa shape index (κ2) is 10.7. The average molecular weight is 499 g/mol. The maximum absolute atomic E-state index is 14.0. The van der Waals surface area contributed by atoms with E-state index in [4.69, 9.17) is 0 Å². The van der Waals surface area contributed by atoms with Crippen LogP contribution in [0.4, 0.5) is 5.69 Å². The van der Waals surface area contributed by atoms with Gasteiger partial charge in [-0.1, -0.05) is 30.3 Å². The zero-order valence-electron chi connectivity index (χ0n) is 21.4. The number of amides is 2. The monoisotopic (exact) mass is 498 g/mol. The Hall–Kier alpha value is -4.40. The summed E-state index contributed by atoms with van der Waals surface area (Å²) < 4.78 is 1.52. The van der Waals surface area contributed by atoms with Crippen molar-refractivity contribution in [3.63, 3.8) is 0 Å². The van der Waals surface area contributed by atoms with Crippen molar-refractivity contribution in [1.82, 2.24) is 25.3 Å². The topological polar surface area (TPSA) is 110 Å². The summed E-state index contributed by atoms with van der Waals surface area (Å²) in [6, 6.07) is 16.5. The molecule has 1 N–H and O–H groups in total. The van der Waals surface area contributed by atoms with Crippen molar-refractivity contribution in [3.05, 3.63) is 84.2 Å². The van der Waals surface area contributed by atoms with Crippen molar-refractivity contribution in [2.75, 3.05) is 4.90 Å². The van der Waals surface area contributed by atoms with Gasteiger partial charge in [-0.2, -0.15) is 0 Å². The van der Waals surface area contributed by atoms with Crippen LogP contribution in [0.25, 0.3) is 11.0 Å². The lowest BCUT2D eigenvalue weighted by atomic mass is 9.98. The first kappa shape index (κ1) is 25.7. The van der Waals surface area contributed by atoms with Crippen molar-refractivity contribution >= 4 is 34.3 Å². The lowest BCUT2D eigenvalue weighted by Gasteiger charge is -2.34. The molecule has 0 aliphatic rings. The third-order valence-corrected chi connectivity index (χ3v) is 6.38. The summed E-state index contributed by atoms with van der Waals surface area (Å²) in [5.74, 6) is -0.804. The number of fused-ring (bicyclic) bond motifs is 1. The van der Waals surface area contributed by atoms with Crippen molar-refractivity contribution in [3.8, 4) is 0 Å². The molecule has 9 nitrogen and oxygen atoms in total. The van der Waals surface area contributed by atoms with Crippen LogP contribution in [0.15, 0.2) is 73.1 Å². The van der Waals surface area contributed by atoms with Crippen LogP contribution >= 0.6 is 0 Å². The van der Waals surface area contributed by atoms with Crippen molar-refractivity contribution < 1.29 is 14.4 Å². The molecule has 1 atom stereocenters. The van der Waals surface area contributed by atoms with Gasteiger partial charge in [-0.25, -0.2) is 4.68 Å². The maximum atomic E-state index is 14.0. The number of Topliss-reactive ketones (excluding diaryl/α,β-unsaturated/α-hetero) is 1. The van der Waals surface area contributed by atoms with E-state index in [9.17, 15) is 14.4 Å². The molecular weight excluding hydrogens is 468 g/mol. The van der Waals surface area contributed by atoms with Gasteiger partial charge in [0.2, 0.25) is 11.8 Å². The molecule has 0 fully saturated rings. The summed E-state index contributed by atoms with van der Waals surface area (Å²) in [5.41, 5.74) is 2.41. The van der Waals surface area contributed by atoms with Gasteiger partial charge in [-0.15, -0.1) is 5.10 Å². The van der Waals surface area contributed by atoms with Crippen LogP contribution in [0.2, 0.25) is 0 Å². The van der Waals surface area contributed by atoms with Gasteiger partial charge in [0.05, 0.1) is 5.52 Å². The maximum Gasteiger partial charge on any atom is 0.249 e. The molecule has 0 radical (unpaired) electrons. The summed E-state index contributed by atoms with van der Waals surface area (Å²) >= 11 is 0. The summed E-state index contributed by atoms with van der Waals surface area (Å²) in [5, 5.41) is 11.4. The number of aromatic nitrogens is 4. The van der Waals surface area contributed by atoms with Gasteiger partial charge in [0, 0.05) is 34.7 Å². The summed E-state index contributed by atoms with van der Waals surface area (Å²) in [7, 11) is 0. The Kier molecular flexibility index (Phi) is 7.42. The number of hydrogen-bond donors (Lipinski definition) is 1. The minimum absolute atomic E-state index is 0.0928. The quantitative estimate of drug-likeness (QED) is 0.348. The second-order valence-electron chi connectivity index (χ2n) is 9.52. The molecule has 4 aromatic rings. The molecule has 2 amide bonds. The Morgan fingerprint density at radius 2 is 1.76 bits per heavy atom. The van der Waals surface area contributed by atoms with Gasteiger partial charge in [0.25, 0.3) is 0 Å². The molecule has 2 heterocycles. The smallest absolute Gasteiger partial charge is 0.249 e. The largest absolute Gasteiger partial charge is 0.349 e. The van der Waals surface area contributed by atoms with E-state index in [2.05, 4.69) is 20.6 Å². The summed E-state index contributed by atoms with van der Waals surface area (Å²) in [4.78, 5) is 45.3. The number of carbonyl (C=O) groups excluding carboxylic acids is 3. The van der Waals surface area contributed by atoms with E-state index < -0.39 is 11.6 Å². The van der Waals surface area contributed by atoms with Crippen LogP contribution in [0.1, 0.15) is 56.1 Å². The molecule has 2 aromatic carbocycles. The molecule has 1 unspecified atom stereocenters. The first-order chi connectivity index (χ1) is 17.7. The third-order valence-electron chi connectivity index (χ3n) is 6.38. The minimum Gasteiger partial charge on any atom is -0.349 e. The molecule has 0 aliphatic carbocycles. The Bertz CT molecular complexity index is 1410. The number of rotatable bonds is 9. The fourth-order valence-corrected chi connectivity index (χ4v) is 3.98. The van der Waals surface area contributed by atoms with Crippen LogP contribution in [0.3, 0.4) is 0 Å². The molecule has 9 heteroatoms. The van der Waals surface area contributed by atoms with Gasteiger partial charge in [0.1, 0.15) is 18.1 Å². The molecule has 0 aliphatic heterocycles. The number of ketones is 1. The second-order valence-corrected chi connectivity index (χ2v) is 9.52. The zero-order valence-corrected chi connectivity index (χ0v) is 21.4. The van der Waals surface area contributed by atoms with Gasteiger partial charge in [-0.05, 0) is 69.7 Å². The van der Waals surface area contributed by atoms with Crippen LogP contribution in [-0.4, -0.2) is 43.1 Å². The number of nitrogens with zero attached hydrogens (tertiary/aromatic N) is 5. The standard InChI is InChI=1S/C28H30N6O3/c1-5-28(3,4)30-27(37)26(21-9-8-16-29-17-21)34(22-14-12-20(13-15-22)19(2)35)25(36)18-33-24-11-7-6-10-23(24)31-32-33/h6-17,26H,5,18H2,1-4H3,(H,30,37). The van der Waals surface area contributed by atoms with Crippen molar-refractivity contribution in [2.24, 2.45) is 0 Å². The minimum atomic E-state index is -1.01. The van der Waals surface area contributed by atoms with Crippen LogP contribution in [0, 0.1) is 0 Å². The van der Waals surface area contributed by atoms with Crippen LogP contribution in [-0.2, 0) is 16.1 Å². The third kappa shape index (κ3) is 5.72. The number of hydrogen-bond acceptors (Lipinski definition) is 6. The molecule has 0 bridgehead atoms. The highest BCUT2D eigenvalue weighted by Gasteiger charge is 2.35. The van der Waals surface area contributed by atoms with Gasteiger partial charge >= 0.3 is 0 Å². The highest BCUT2D eigenvalue weighted by molar-refractivity contribution is 6.02. The fourth-order valence-electron chi connectivity index (χ4n) is 3.98. The number of pyridine rings is 1. The molecule has 0 saturated carbocycles. The lowest BCUT2D eigenvalue weighted by Crippen LogP contribution is -2.51. The van der Waals surface area contributed by atoms with Crippen molar-refractivity contribution in [1.29, 1.82) is 0 Å². The Morgan fingerprint density at radius 1 is 1.03 bits per heavy atom. The zero-order chi connectivity index (χ0) is 26.6. The molecular formula is C28H30N6O3. The highest BCUT2D eigenvalue weighted by Crippen LogP contribution is 2.29. The van der Waals surface area contributed by atoms with E-state index in [1.54, 1.807) is 48.8 Å². The molecule has 190 valence electrons. The lowest BCUT2D eigenvalue weighted by molar-refractivity contribution is -0.128. The number of nitrogens with one attached hydrogen (secondary N) is 1. The van der Waals surface area contributed by atoms with E-state index in [1.165, 1.54) is 16.5 Å². The molecule has 2 aromatic heterocycles. The van der Waals surface area contributed by atoms with Crippen LogP contribution < -0.4 is 10.2 Å². The highest BCUT2D eigenvalue weighted by atomic mass is 16.2. The number of anilines is 1. The van der Waals surface area contributed by atoms with E-state index in [0.29, 0.717) is 34.3 Å². The van der Waals surface area contributed by atoms with E-state index >= 15 is 0 Å². The first-order valence-electron chi connectivity index (χ1n) is 12.1. The Balaban J connectivity index is 1.81. The number of benzene rings is 2. The normalized spacial score (nSPS) is 12.2. The van der Waals surface area contributed by atoms with Gasteiger partial charge in [0.15, 0.2) is 5.78 Å². The summed E-state index contributed by atoms with van der Waals surface area (Å²) in [6.07, 6.45) is 3.90. The average Bonchev–Trinajstić information content (AvgIpc) is 3.30. The van der Waals surface area contributed by atoms with E-state index in [-0.39, 0.29) is 24.1 Å². The van der Waals surface area contributed by atoms with E-state index in [0.717, 1.165) is 0 Å². The molecule has 37 heavy (non-hydrogen) atoms.